The fraction of sp³-hybridized carbons (Fsp3) is 0.350. The van der Waals surface area contributed by atoms with Gasteiger partial charge in [0.2, 0.25) is 10.0 Å². The van der Waals surface area contributed by atoms with Gasteiger partial charge in [0.15, 0.2) is 5.96 Å². The van der Waals surface area contributed by atoms with Gasteiger partial charge in [-0.3, -0.25) is 4.99 Å². The largest absolute Gasteiger partial charge is 0.383 e. The molecule has 150 valence electrons. The smallest absolute Gasteiger partial charge is 0.240 e. The highest BCUT2D eigenvalue weighted by Gasteiger charge is 2.22. The van der Waals surface area contributed by atoms with Crippen molar-refractivity contribution in [1.82, 2.24) is 10.0 Å². The van der Waals surface area contributed by atoms with Crippen molar-refractivity contribution < 1.29 is 13.2 Å². The van der Waals surface area contributed by atoms with Gasteiger partial charge in [-0.15, -0.1) is 0 Å². The minimum atomic E-state index is -3.55. The van der Waals surface area contributed by atoms with E-state index in [1.54, 1.807) is 25.2 Å². The summed E-state index contributed by atoms with van der Waals surface area (Å²) >= 11 is 0. The van der Waals surface area contributed by atoms with Crippen LogP contribution in [0.25, 0.3) is 0 Å². The van der Waals surface area contributed by atoms with Crippen molar-refractivity contribution >= 4 is 21.7 Å². The monoisotopic (exact) mass is 402 g/mol. The molecule has 0 spiro atoms. The van der Waals surface area contributed by atoms with Crippen molar-refractivity contribution in [3.05, 3.63) is 59.7 Å². The zero-order chi connectivity index (χ0) is 20.0. The quantitative estimate of drug-likeness (QED) is 0.419. The van der Waals surface area contributed by atoms with Crippen LogP contribution in [-0.2, 0) is 27.7 Å². The Hall–Kier alpha value is -2.42. The van der Waals surface area contributed by atoms with Gasteiger partial charge in [0.25, 0.3) is 0 Å². The molecule has 0 amide bonds. The summed E-state index contributed by atoms with van der Waals surface area (Å²) < 4.78 is 32.2. The van der Waals surface area contributed by atoms with Crippen molar-refractivity contribution in [3.8, 4) is 0 Å². The van der Waals surface area contributed by atoms with E-state index in [4.69, 9.17) is 4.74 Å². The molecule has 0 unspecified atom stereocenters. The lowest BCUT2D eigenvalue weighted by atomic mass is 10.2. The molecule has 0 fully saturated rings. The van der Waals surface area contributed by atoms with Crippen molar-refractivity contribution in [2.45, 2.75) is 17.9 Å². The van der Waals surface area contributed by atoms with Crippen molar-refractivity contribution in [3.63, 3.8) is 0 Å². The molecular formula is C20H26N4O3S. The zero-order valence-electron chi connectivity index (χ0n) is 16.2. The van der Waals surface area contributed by atoms with E-state index in [9.17, 15) is 8.42 Å². The second-order valence-electron chi connectivity index (χ2n) is 6.47. The van der Waals surface area contributed by atoms with Gasteiger partial charge in [0.05, 0.1) is 11.5 Å². The van der Waals surface area contributed by atoms with E-state index in [1.165, 1.54) is 12.7 Å². The van der Waals surface area contributed by atoms with E-state index in [2.05, 4.69) is 32.1 Å². The number of fused-ring (bicyclic) bond motifs is 1. The van der Waals surface area contributed by atoms with Gasteiger partial charge in [-0.1, -0.05) is 30.3 Å². The second kappa shape index (κ2) is 9.18. The summed E-state index contributed by atoms with van der Waals surface area (Å²) in [5.41, 5.74) is 3.33. The molecule has 2 aromatic rings. The number of aliphatic imine (C=N–C) groups is 1. The summed E-state index contributed by atoms with van der Waals surface area (Å²) in [6, 6.07) is 15.2. The van der Waals surface area contributed by atoms with Gasteiger partial charge in [-0.25, -0.2) is 13.1 Å². The minimum Gasteiger partial charge on any atom is -0.383 e. The Labute approximate surface area is 166 Å². The van der Waals surface area contributed by atoms with Crippen LogP contribution in [0.3, 0.4) is 0 Å². The summed E-state index contributed by atoms with van der Waals surface area (Å²) in [5.74, 6) is 0.774. The third-order valence-electron chi connectivity index (χ3n) is 4.61. The normalized spacial score (nSPS) is 14.2. The number of nitrogens with one attached hydrogen (secondary N) is 2. The zero-order valence-corrected chi connectivity index (χ0v) is 17.0. The van der Waals surface area contributed by atoms with Crippen molar-refractivity contribution in [1.29, 1.82) is 0 Å². The van der Waals surface area contributed by atoms with Crippen LogP contribution in [0.2, 0.25) is 0 Å². The molecule has 0 atom stereocenters. The summed E-state index contributed by atoms with van der Waals surface area (Å²) in [6.45, 7) is 1.92. The van der Waals surface area contributed by atoms with Crippen LogP contribution in [0.4, 0.5) is 5.69 Å². The molecule has 0 bridgehead atoms. The van der Waals surface area contributed by atoms with Crippen molar-refractivity contribution in [2.75, 3.05) is 38.8 Å². The van der Waals surface area contributed by atoms with Crippen molar-refractivity contribution in [2.24, 2.45) is 4.99 Å². The minimum absolute atomic E-state index is 0.238. The van der Waals surface area contributed by atoms with Crippen LogP contribution in [0.1, 0.15) is 11.1 Å². The molecule has 8 heteroatoms. The number of para-hydroxylation sites is 1. The Morgan fingerprint density at radius 2 is 2.04 bits per heavy atom. The lowest BCUT2D eigenvalue weighted by molar-refractivity contribution is 0.204. The number of benzene rings is 2. The van der Waals surface area contributed by atoms with Gasteiger partial charge in [0, 0.05) is 39.5 Å². The fourth-order valence-electron chi connectivity index (χ4n) is 3.22. The average molecular weight is 403 g/mol. The molecule has 2 aromatic carbocycles. The van der Waals surface area contributed by atoms with Crippen LogP contribution in [0.5, 0.6) is 0 Å². The van der Waals surface area contributed by atoms with Gasteiger partial charge in [-0.2, -0.15) is 0 Å². The highest BCUT2D eigenvalue weighted by atomic mass is 32.2. The summed E-state index contributed by atoms with van der Waals surface area (Å²) in [7, 11) is -0.265. The maximum atomic E-state index is 12.4. The Kier molecular flexibility index (Phi) is 6.66. The third kappa shape index (κ3) is 4.70. The Morgan fingerprint density at radius 1 is 1.21 bits per heavy atom. The first kappa shape index (κ1) is 20.3. The van der Waals surface area contributed by atoms with Gasteiger partial charge in [0.1, 0.15) is 0 Å². The van der Waals surface area contributed by atoms with E-state index >= 15 is 0 Å². The summed E-state index contributed by atoms with van der Waals surface area (Å²) in [6.07, 6.45) is 0.984. The predicted molar refractivity (Wildman–Crippen MR) is 111 cm³/mol. The number of anilines is 1. The van der Waals surface area contributed by atoms with E-state index < -0.39 is 10.0 Å². The predicted octanol–water partition coefficient (Wildman–Crippen LogP) is 1.75. The summed E-state index contributed by atoms with van der Waals surface area (Å²) in [4.78, 5) is 6.79. The van der Waals surface area contributed by atoms with E-state index in [-0.39, 0.29) is 11.4 Å². The molecule has 0 aromatic heterocycles. The first-order chi connectivity index (χ1) is 13.5. The van der Waals surface area contributed by atoms with Crippen LogP contribution < -0.4 is 14.9 Å². The maximum absolute atomic E-state index is 12.4. The molecule has 2 N–H and O–H groups in total. The van der Waals surface area contributed by atoms with Crippen LogP contribution in [0, 0.1) is 0 Å². The number of sulfonamides is 1. The van der Waals surface area contributed by atoms with Crippen LogP contribution in [-0.4, -0.2) is 48.2 Å². The van der Waals surface area contributed by atoms with Gasteiger partial charge < -0.3 is 15.0 Å². The molecule has 28 heavy (non-hydrogen) atoms. The standard InChI is InChI=1S/C20H26N4O3S/c1-21-20(24-12-10-17-7-3-4-9-19(17)24)22-15-16-6-5-8-18(14-16)28(25,26)23-11-13-27-2/h3-9,14,23H,10-13,15H2,1-2H3,(H,21,22). The lowest BCUT2D eigenvalue weighted by Crippen LogP contribution is -2.40. The molecule has 7 nitrogen and oxygen atoms in total. The Balaban J connectivity index is 1.68. The Bertz CT molecular complexity index is 944. The van der Waals surface area contributed by atoms with Crippen LogP contribution in [0.15, 0.2) is 58.4 Å². The van der Waals surface area contributed by atoms with Gasteiger partial charge >= 0.3 is 0 Å². The molecule has 1 heterocycles. The number of rotatable bonds is 7. The molecule has 1 aliphatic heterocycles. The SMILES string of the molecule is CN=C(NCc1cccc(S(=O)(=O)NCCOC)c1)N1CCc2ccccc21. The third-order valence-corrected chi connectivity index (χ3v) is 6.07. The van der Waals surface area contributed by atoms with E-state index in [0.717, 1.165) is 30.2 Å². The molecule has 1 aliphatic rings. The molecule has 0 saturated heterocycles. The van der Waals surface area contributed by atoms with E-state index in [1.807, 2.05) is 18.2 Å². The number of methoxy groups -OCH3 is 1. The number of nitrogens with zero attached hydrogens (tertiary/aromatic N) is 2. The number of guanidine groups is 1. The maximum Gasteiger partial charge on any atom is 0.240 e. The molecule has 0 saturated carbocycles. The summed E-state index contributed by atoms with van der Waals surface area (Å²) in [5, 5.41) is 3.34. The molecule has 0 radical (unpaired) electrons. The highest BCUT2D eigenvalue weighted by molar-refractivity contribution is 7.89. The number of ether oxygens (including phenoxy) is 1. The molecule has 0 aliphatic carbocycles. The van der Waals surface area contributed by atoms with E-state index in [0.29, 0.717) is 13.2 Å². The first-order valence-corrected chi connectivity index (χ1v) is 10.7. The Morgan fingerprint density at radius 3 is 2.82 bits per heavy atom. The highest BCUT2D eigenvalue weighted by Crippen LogP contribution is 2.27. The fourth-order valence-corrected chi connectivity index (χ4v) is 4.30. The first-order valence-electron chi connectivity index (χ1n) is 9.19. The second-order valence-corrected chi connectivity index (χ2v) is 8.24. The number of hydrogen-bond acceptors (Lipinski definition) is 4. The lowest BCUT2D eigenvalue weighted by Gasteiger charge is -2.22. The van der Waals surface area contributed by atoms with Gasteiger partial charge in [-0.05, 0) is 35.7 Å². The molecular weight excluding hydrogens is 376 g/mol. The topological polar surface area (TPSA) is 83.0 Å². The number of hydrogen-bond donors (Lipinski definition) is 2. The average Bonchev–Trinajstić information content (AvgIpc) is 3.13. The molecule has 3 rings (SSSR count). The van der Waals surface area contributed by atoms with Crippen LogP contribution >= 0.6 is 0 Å².